The Morgan fingerprint density at radius 1 is 1.15 bits per heavy atom. The minimum atomic E-state index is -0.0868. The molecule has 0 radical (unpaired) electrons. The summed E-state index contributed by atoms with van der Waals surface area (Å²) >= 11 is 1.86. The number of hydrogen-bond acceptors (Lipinski definition) is 6. The quantitative estimate of drug-likeness (QED) is 0.691. The van der Waals surface area contributed by atoms with E-state index < -0.39 is 0 Å². The van der Waals surface area contributed by atoms with Crippen molar-refractivity contribution < 1.29 is 9.53 Å². The Morgan fingerprint density at radius 2 is 1.93 bits per heavy atom. The predicted octanol–water partition coefficient (Wildman–Crippen LogP) is 2.53. The van der Waals surface area contributed by atoms with Crippen LogP contribution in [0.1, 0.15) is 10.5 Å². The third-order valence-electron chi connectivity index (χ3n) is 4.42. The number of ether oxygens (including phenoxy) is 1. The minimum absolute atomic E-state index is 0.0868. The van der Waals surface area contributed by atoms with E-state index in [4.69, 9.17) is 4.74 Å². The third-order valence-corrected chi connectivity index (χ3v) is 5.37. The van der Waals surface area contributed by atoms with Gasteiger partial charge in [0.2, 0.25) is 0 Å². The molecule has 8 heteroatoms. The molecular weight excluding hydrogens is 362 g/mol. The van der Waals surface area contributed by atoms with E-state index in [-0.39, 0.29) is 5.91 Å². The highest BCUT2D eigenvalue weighted by molar-refractivity contribution is 7.99. The number of benzene rings is 1. The van der Waals surface area contributed by atoms with E-state index in [1.165, 1.54) is 0 Å². The van der Waals surface area contributed by atoms with Gasteiger partial charge in [0.15, 0.2) is 5.69 Å². The van der Waals surface area contributed by atoms with Crippen molar-refractivity contribution in [1.29, 1.82) is 0 Å². The van der Waals surface area contributed by atoms with Gasteiger partial charge in [0.1, 0.15) is 11.4 Å². The van der Waals surface area contributed by atoms with Crippen LogP contribution in [-0.4, -0.2) is 62.5 Å². The number of methoxy groups -OCH3 is 1. The molecule has 4 rings (SSSR count). The summed E-state index contributed by atoms with van der Waals surface area (Å²) in [6.07, 6.45) is 3.40. The average molecular weight is 381 g/mol. The van der Waals surface area contributed by atoms with E-state index in [1.54, 1.807) is 24.2 Å². The van der Waals surface area contributed by atoms with Gasteiger partial charge in [-0.05, 0) is 24.3 Å². The summed E-state index contributed by atoms with van der Waals surface area (Å²) in [5.74, 6) is 2.52. The fraction of sp³-hybridized carbons (Fsp3) is 0.263. The first-order valence-corrected chi connectivity index (χ1v) is 9.81. The van der Waals surface area contributed by atoms with Gasteiger partial charge in [0.05, 0.1) is 12.8 Å². The second-order valence-electron chi connectivity index (χ2n) is 6.04. The van der Waals surface area contributed by atoms with Gasteiger partial charge in [-0.2, -0.15) is 11.8 Å². The molecule has 27 heavy (non-hydrogen) atoms. The number of amides is 1. The number of carbonyl (C=O) groups excluding carboxylic acids is 1. The Hall–Kier alpha value is -2.87. The summed E-state index contributed by atoms with van der Waals surface area (Å²) in [5, 5.41) is 8.55. The van der Waals surface area contributed by atoms with Crippen LogP contribution >= 0.6 is 11.8 Å². The molecule has 1 amide bonds. The normalized spacial score (nSPS) is 14.2. The molecule has 1 aliphatic rings. The number of hydrogen-bond donors (Lipinski definition) is 0. The highest BCUT2D eigenvalue weighted by atomic mass is 32.2. The first kappa shape index (κ1) is 17.5. The van der Waals surface area contributed by atoms with Crippen molar-refractivity contribution in [2.24, 2.45) is 0 Å². The molecule has 2 aromatic heterocycles. The molecule has 3 heterocycles. The highest BCUT2D eigenvalue weighted by Crippen LogP contribution is 2.27. The van der Waals surface area contributed by atoms with Crippen molar-refractivity contribution in [3.8, 4) is 22.7 Å². The van der Waals surface area contributed by atoms with E-state index in [1.807, 2.05) is 53.1 Å². The van der Waals surface area contributed by atoms with Crippen LogP contribution in [0.2, 0.25) is 0 Å². The maximum atomic E-state index is 13.1. The van der Waals surface area contributed by atoms with Crippen LogP contribution in [0.4, 0.5) is 0 Å². The number of nitrogens with zero attached hydrogens (tertiary/aromatic N) is 5. The molecule has 1 aromatic carbocycles. The topological polar surface area (TPSA) is 73.1 Å². The third kappa shape index (κ3) is 3.52. The Bertz CT molecular complexity index is 938. The van der Waals surface area contributed by atoms with Gasteiger partial charge in [-0.1, -0.05) is 11.3 Å². The van der Waals surface area contributed by atoms with E-state index in [9.17, 15) is 4.79 Å². The number of pyridine rings is 1. The molecule has 138 valence electrons. The van der Waals surface area contributed by atoms with E-state index in [2.05, 4.69) is 15.3 Å². The summed E-state index contributed by atoms with van der Waals surface area (Å²) in [7, 11) is 1.62. The number of thioether (sulfide) groups is 1. The van der Waals surface area contributed by atoms with Crippen LogP contribution in [0.15, 0.2) is 48.8 Å². The number of aromatic nitrogens is 4. The molecule has 0 spiro atoms. The van der Waals surface area contributed by atoms with Gasteiger partial charge < -0.3 is 9.64 Å². The second kappa shape index (κ2) is 7.79. The Kier molecular flexibility index (Phi) is 5.06. The van der Waals surface area contributed by atoms with Crippen molar-refractivity contribution in [1.82, 2.24) is 24.9 Å². The van der Waals surface area contributed by atoms with Crippen molar-refractivity contribution in [2.45, 2.75) is 0 Å². The smallest absolute Gasteiger partial charge is 0.276 e. The average Bonchev–Trinajstić information content (AvgIpc) is 3.19. The van der Waals surface area contributed by atoms with Crippen LogP contribution in [0, 0.1) is 0 Å². The fourth-order valence-electron chi connectivity index (χ4n) is 3.03. The van der Waals surface area contributed by atoms with Crippen LogP contribution in [0.3, 0.4) is 0 Å². The molecule has 1 saturated heterocycles. The lowest BCUT2D eigenvalue weighted by Crippen LogP contribution is -2.38. The lowest BCUT2D eigenvalue weighted by atomic mass is 10.1. The first-order valence-electron chi connectivity index (χ1n) is 8.65. The minimum Gasteiger partial charge on any atom is -0.497 e. The monoisotopic (exact) mass is 381 g/mol. The van der Waals surface area contributed by atoms with Crippen molar-refractivity contribution in [3.63, 3.8) is 0 Å². The zero-order valence-electron chi connectivity index (χ0n) is 14.9. The molecule has 0 aliphatic carbocycles. The Morgan fingerprint density at radius 3 is 2.67 bits per heavy atom. The van der Waals surface area contributed by atoms with Gasteiger partial charge in [0.25, 0.3) is 5.91 Å². The molecule has 7 nitrogen and oxygen atoms in total. The van der Waals surface area contributed by atoms with E-state index in [0.29, 0.717) is 17.1 Å². The van der Waals surface area contributed by atoms with Crippen molar-refractivity contribution >= 4 is 17.7 Å². The molecule has 0 atom stereocenters. The van der Waals surface area contributed by atoms with Crippen LogP contribution in [0.5, 0.6) is 5.75 Å². The van der Waals surface area contributed by atoms with E-state index >= 15 is 0 Å². The molecule has 0 saturated carbocycles. The maximum absolute atomic E-state index is 13.1. The SMILES string of the molecule is COc1cccc(-n2nnc(C(=O)N3CCSCC3)c2-c2ccncc2)c1. The first-order chi connectivity index (χ1) is 13.3. The standard InChI is InChI=1S/C19H19N5O2S/c1-26-16-4-2-3-15(13-16)24-18(14-5-7-20-8-6-14)17(21-22-24)19(25)23-9-11-27-12-10-23/h2-8,13H,9-12H2,1H3. The predicted molar refractivity (Wildman–Crippen MR) is 104 cm³/mol. The van der Waals surface area contributed by atoms with Crippen molar-refractivity contribution in [2.75, 3.05) is 31.7 Å². The largest absolute Gasteiger partial charge is 0.497 e. The summed E-state index contributed by atoms with van der Waals surface area (Å²) in [6, 6.07) is 11.2. The highest BCUT2D eigenvalue weighted by Gasteiger charge is 2.27. The molecule has 3 aromatic rings. The van der Waals surface area contributed by atoms with Crippen LogP contribution in [0.25, 0.3) is 16.9 Å². The molecule has 0 N–H and O–H groups in total. The van der Waals surface area contributed by atoms with Gasteiger partial charge in [-0.3, -0.25) is 9.78 Å². The van der Waals surface area contributed by atoms with Gasteiger partial charge in [-0.15, -0.1) is 5.10 Å². The van der Waals surface area contributed by atoms with Gasteiger partial charge in [0, 0.05) is 48.6 Å². The Labute approximate surface area is 161 Å². The number of rotatable bonds is 4. The van der Waals surface area contributed by atoms with E-state index in [0.717, 1.165) is 35.8 Å². The summed E-state index contributed by atoms with van der Waals surface area (Å²) in [5.41, 5.74) is 2.64. The molecule has 1 aliphatic heterocycles. The summed E-state index contributed by atoms with van der Waals surface area (Å²) in [4.78, 5) is 19.1. The molecule has 1 fully saturated rings. The molecule has 0 unspecified atom stereocenters. The second-order valence-corrected chi connectivity index (χ2v) is 7.27. The fourth-order valence-corrected chi connectivity index (χ4v) is 3.94. The molecular formula is C19H19N5O2S. The van der Waals surface area contributed by atoms with Crippen LogP contribution < -0.4 is 4.74 Å². The number of carbonyl (C=O) groups is 1. The van der Waals surface area contributed by atoms with Crippen molar-refractivity contribution in [3.05, 3.63) is 54.5 Å². The lowest BCUT2D eigenvalue weighted by Gasteiger charge is -2.25. The summed E-state index contributed by atoms with van der Waals surface area (Å²) in [6.45, 7) is 1.45. The van der Waals surface area contributed by atoms with Gasteiger partial charge >= 0.3 is 0 Å². The summed E-state index contributed by atoms with van der Waals surface area (Å²) < 4.78 is 7.01. The van der Waals surface area contributed by atoms with Gasteiger partial charge in [-0.25, -0.2) is 4.68 Å². The maximum Gasteiger partial charge on any atom is 0.276 e. The zero-order valence-corrected chi connectivity index (χ0v) is 15.7. The Balaban J connectivity index is 1.82. The lowest BCUT2D eigenvalue weighted by molar-refractivity contribution is 0.0767. The van der Waals surface area contributed by atoms with Crippen LogP contribution in [-0.2, 0) is 0 Å². The zero-order chi connectivity index (χ0) is 18.6. The molecule has 0 bridgehead atoms.